The molecule has 1 unspecified atom stereocenters. The second-order valence-electron chi connectivity index (χ2n) is 6.99. The molecule has 2 heterocycles. The number of rotatable bonds is 8. The van der Waals surface area contributed by atoms with Crippen molar-refractivity contribution in [2.24, 2.45) is 4.99 Å². The molecule has 2 rings (SSSR count). The Hall–Kier alpha value is -1.11. The van der Waals surface area contributed by atoms with Gasteiger partial charge in [0.05, 0.1) is 6.61 Å². The summed E-state index contributed by atoms with van der Waals surface area (Å²) in [6, 6.07) is 4.89. The molecule has 0 spiro atoms. The Morgan fingerprint density at radius 1 is 1.46 bits per heavy atom. The Morgan fingerprint density at radius 2 is 2.29 bits per heavy atom. The van der Waals surface area contributed by atoms with E-state index in [4.69, 9.17) is 4.74 Å². The molecule has 2 N–H and O–H groups in total. The average Bonchev–Trinajstić information content (AvgIpc) is 3.25. The molecule has 1 atom stereocenters. The Bertz CT molecular complexity index is 501. The summed E-state index contributed by atoms with van der Waals surface area (Å²) in [7, 11) is 3.61. The molecule has 1 aliphatic heterocycles. The fourth-order valence-corrected chi connectivity index (χ4v) is 3.97. The molecule has 1 aromatic rings. The molecular formula is C18H32N4OS. The van der Waals surface area contributed by atoms with Crippen LogP contribution >= 0.6 is 11.3 Å². The minimum absolute atomic E-state index is 0.101. The van der Waals surface area contributed by atoms with E-state index in [2.05, 4.69) is 51.9 Å². The molecule has 1 saturated heterocycles. The molecule has 0 aromatic carbocycles. The molecule has 1 aromatic heterocycles. The summed E-state index contributed by atoms with van der Waals surface area (Å²) in [5.74, 6) is 0.887. The molecule has 0 aliphatic carbocycles. The first-order chi connectivity index (χ1) is 11.6. The summed E-state index contributed by atoms with van der Waals surface area (Å²) < 4.78 is 5.21. The van der Waals surface area contributed by atoms with Crippen LogP contribution in [-0.2, 0) is 10.2 Å². The van der Waals surface area contributed by atoms with E-state index in [0.29, 0.717) is 6.04 Å². The lowest BCUT2D eigenvalue weighted by Gasteiger charge is -2.27. The van der Waals surface area contributed by atoms with Crippen LogP contribution in [0.4, 0.5) is 0 Å². The molecule has 0 bridgehead atoms. The zero-order chi connectivity index (χ0) is 17.4. The first kappa shape index (κ1) is 19.2. The van der Waals surface area contributed by atoms with Gasteiger partial charge in [-0.1, -0.05) is 19.9 Å². The second kappa shape index (κ2) is 9.39. The van der Waals surface area contributed by atoms with Gasteiger partial charge in [-0.25, -0.2) is 0 Å². The minimum atomic E-state index is 0.101. The van der Waals surface area contributed by atoms with Crippen molar-refractivity contribution < 1.29 is 4.74 Å². The number of likely N-dealkylation sites (tertiary alicyclic amines) is 1. The topological polar surface area (TPSA) is 48.9 Å². The van der Waals surface area contributed by atoms with Crippen molar-refractivity contribution >= 4 is 17.3 Å². The van der Waals surface area contributed by atoms with Crippen LogP contribution in [-0.4, -0.2) is 63.8 Å². The van der Waals surface area contributed by atoms with Crippen molar-refractivity contribution in [2.45, 2.75) is 38.1 Å². The summed E-state index contributed by atoms with van der Waals surface area (Å²) in [4.78, 5) is 8.28. The highest BCUT2D eigenvalue weighted by atomic mass is 32.1. The lowest BCUT2D eigenvalue weighted by atomic mass is 9.91. The molecule has 1 fully saturated rings. The highest BCUT2D eigenvalue weighted by molar-refractivity contribution is 7.10. The maximum absolute atomic E-state index is 5.21. The minimum Gasteiger partial charge on any atom is -0.383 e. The number of nitrogens with one attached hydrogen (secondary N) is 2. The third-order valence-electron chi connectivity index (χ3n) is 4.70. The Labute approximate surface area is 150 Å². The van der Waals surface area contributed by atoms with Crippen molar-refractivity contribution in [1.82, 2.24) is 15.5 Å². The van der Waals surface area contributed by atoms with Crippen LogP contribution in [0.5, 0.6) is 0 Å². The van der Waals surface area contributed by atoms with E-state index in [1.165, 1.54) is 24.3 Å². The van der Waals surface area contributed by atoms with Gasteiger partial charge in [-0.3, -0.25) is 9.89 Å². The Morgan fingerprint density at radius 3 is 2.96 bits per heavy atom. The van der Waals surface area contributed by atoms with Crippen molar-refractivity contribution in [3.05, 3.63) is 22.4 Å². The summed E-state index contributed by atoms with van der Waals surface area (Å²) in [5.41, 5.74) is 0.101. The lowest BCUT2D eigenvalue weighted by Crippen LogP contribution is -2.47. The zero-order valence-corrected chi connectivity index (χ0v) is 16.3. The molecular weight excluding hydrogens is 320 g/mol. The lowest BCUT2D eigenvalue weighted by molar-refractivity contribution is 0.141. The smallest absolute Gasteiger partial charge is 0.191 e. The molecule has 6 heteroatoms. The SMILES string of the molecule is CN=C(NCC1CCCN1CCOC)NCC(C)(C)c1cccs1. The van der Waals surface area contributed by atoms with Crippen LogP contribution in [0.25, 0.3) is 0 Å². The monoisotopic (exact) mass is 352 g/mol. The number of thiophene rings is 1. The van der Waals surface area contributed by atoms with E-state index < -0.39 is 0 Å². The van der Waals surface area contributed by atoms with Crippen molar-refractivity contribution in [3.8, 4) is 0 Å². The maximum Gasteiger partial charge on any atom is 0.191 e. The molecule has 24 heavy (non-hydrogen) atoms. The first-order valence-electron chi connectivity index (χ1n) is 8.78. The number of guanidine groups is 1. The molecule has 5 nitrogen and oxygen atoms in total. The van der Waals surface area contributed by atoms with Crippen LogP contribution < -0.4 is 10.6 Å². The Kier molecular flexibility index (Phi) is 7.52. The number of ether oxygens (including phenoxy) is 1. The fourth-order valence-electron chi connectivity index (χ4n) is 3.12. The highest BCUT2D eigenvalue weighted by Crippen LogP contribution is 2.26. The number of nitrogens with zero attached hydrogens (tertiary/aromatic N) is 2. The van der Waals surface area contributed by atoms with Crippen molar-refractivity contribution in [2.75, 3.05) is 46.9 Å². The number of hydrogen-bond donors (Lipinski definition) is 2. The molecule has 0 saturated carbocycles. The summed E-state index contributed by atoms with van der Waals surface area (Å²) >= 11 is 1.81. The number of aliphatic imine (C=N–C) groups is 1. The van der Waals surface area contributed by atoms with Gasteiger partial charge in [0.2, 0.25) is 0 Å². The first-order valence-corrected chi connectivity index (χ1v) is 9.66. The summed E-state index contributed by atoms with van der Waals surface area (Å²) in [6.07, 6.45) is 2.52. The van der Waals surface area contributed by atoms with Gasteiger partial charge in [0.1, 0.15) is 0 Å². The van der Waals surface area contributed by atoms with Gasteiger partial charge in [0, 0.05) is 50.1 Å². The zero-order valence-electron chi connectivity index (χ0n) is 15.5. The van der Waals surface area contributed by atoms with E-state index in [1.54, 1.807) is 7.11 Å². The predicted octanol–water partition coefficient (Wildman–Crippen LogP) is 2.30. The van der Waals surface area contributed by atoms with Crippen LogP contribution in [0.1, 0.15) is 31.6 Å². The van der Waals surface area contributed by atoms with Crippen LogP contribution in [0.15, 0.2) is 22.5 Å². The maximum atomic E-state index is 5.21. The molecule has 0 radical (unpaired) electrons. The standard InChI is InChI=1S/C18H32N4OS/c1-18(2,16-8-6-12-24-16)14-21-17(19-3)20-13-15-7-5-9-22(15)10-11-23-4/h6,8,12,15H,5,7,9-11,13-14H2,1-4H3,(H2,19,20,21). The third-order valence-corrected chi connectivity index (χ3v) is 5.93. The molecule has 0 amide bonds. The average molecular weight is 353 g/mol. The van der Waals surface area contributed by atoms with E-state index in [1.807, 2.05) is 18.4 Å². The fraction of sp³-hybridized carbons (Fsp3) is 0.722. The van der Waals surface area contributed by atoms with Gasteiger partial charge in [-0.15, -0.1) is 11.3 Å². The van der Waals surface area contributed by atoms with E-state index >= 15 is 0 Å². The quantitative estimate of drug-likeness (QED) is 0.557. The summed E-state index contributed by atoms with van der Waals surface area (Å²) in [5, 5.41) is 9.12. The van der Waals surface area contributed by atoms with E-state index in [-0.39, 0.29) is 5.41 Å². The van der Waals surface area contributed by atoms with Crippen LogP contribution in [0.3, 0.4) is 0 Å². The van der Waals surface area contributed by atoms with Gasteiger partial charge in [0.25, 0.3) is 0 Å². The number of methoxy groups -OCH3 is 1. The van der Waals surface area contributed by atoms with E-state index in [0.717, 1.165) is 32.2 Å². The third kappa shape index (κ3) is 5.46. The van der Waals surface area contributed by atoms with Gasteiger partial charge in [-0.2, -0.15) is 0 Å². The van der Waals surface area contributed by atoms with Crippen molar-refractivity contribution in [3.63, 3.8) is 0 Å². The van der Waals surface area contributed by atoms with E-state index in [9.17, 15) is 0 Å². The molecule has 136 valence electrons. The normalized spacial score (nSPS) is 19.7. The van der Waals surface area contributed by atoms with Gasteiger partial charge < -0.3 is 15.4 Å². The Balaban J connectivity index is 1.78. The molecule has 1 aliphatic rings. The predicted molar refractivity (Wildman–Crippen MR) is 103 cm³/mol. The largest absolute Gasteiger partial charge is 0.383 e. The van der Waals surface area contributed by atoms with Gasteiger partial charge >= 0.3 is 0 Å². The highest BCUT2D eigenvalue weighted by Gasteiger charge is 2.25. The van der Waals surface area contributed by atoms with Gasteiger partial charge in [-0.05, 0) is 30.8 Å². The van der Waals surface area contributed by atoms with Crippen LogP contribution in [0.2, 0.25) is 0 Å². The number of hydrogen-bond acceptors (Lipinski definition) is 4. The van der Waals surface area contributed by atoms with Crippen molar-refractivity contribution in [1.29, 1.82) is 0 Å². The van der Waals surface area contributed by atoms with Crippen LogP contribution in [0, 0.1) is 0 Å². The second-order valence-corrected chi connectivity index (χ2v) is 7.94. The van der Waals surface area contributed by atoms with Gasteiger partial charge in [0.15, 0.2) is 5.96 Å². The summed E-state index contributed by atoms with van der Waals surface area (Å²) in [6.45, 7) is 9.32.